The van der Waals surface area contributed by atoms with Crippen molar-refractivity contribution >= 4 is 0 Å². The molecule has 3 nitrogen and oxygen atoms in total. The lowest BCUT2D eigenvalue weighted by Gasteiger charge is -2.31. The molecule has 0 unspecified atom stereocenters. The lowest BCUT2D eigenvalue weighted by molar-refractivity contribution is -0.208. The molecular formula is C17H21FO3. The van der Waals surface area contributed by atoms with Crippen molar-refractivity contribution in [2.24, 2.45) is 0 Å². The summed E-state index contributed by atoms with van der Waals surface area (Å²) in [6.07, 6.45) is 0.565. The van der Waals surface area contributed by atoms with Gasteiger partial charge < -0.3 is 14.2 Å². The highest BCUT2D eigenvalue weighted by Gasteiger charge is 2.35. The maximum absolute atomic E-state index is 14.1. The van der Waals surface area contributed by atoms with Crippen LogP contribution >= 0.6 is 0 Å². The minimum absolute atomic E-state index is 0.0451. The van der Waals surface area contributed by atoms with Crippen molar-refractivity contribution in [3.8, 4) is 17.6 Å². The highest BCUT2D eigenvalue weighted by atomic mass is 19.1. The van der Waals surface area contributed by atoms with Gasteiger partial charge in [0.25, 0.3) is 0 Å². The first kappa shape index (κ1) is 15.8. The van der Waals surface area contributed by atoms with Gasteiger partial charge in [0.2, 0.25) is 6.29 Å². The molecule has 1 aromatic rings. The number of alkyl halides is 1. The van der Waals surface area contributed by atoms with Gasteiger partial charge >= 0.3 is 0 Å². The van der Waals surface area contributed by atoms with Crippen LogP contribution in [0.3, 0.4) is 0 Å². The Bertz CT molecular complexity index is 493. The van der Waals surface area contributed by atoms with E-state index in [9.17, 15) is 4.39 Å². The first-order chi connectivity index (χ1) is 10.1. The molecule has 0 N–H and O–H groups in total. The summed E-state index contributed by atoms with van der Waals surface area (Å²) in [7, 11) is 0. The minimum atomic E-state index is -1.37. The molecule has 0 spiro atoms. The van der Waals surface area contributed by atoms with E-state index in [0.717, 1.165) is 17.7 Å². The zero-order chi connectivity index (χ0) is 15.1. The molecule has 0 radical (unpaired) electrons. The molecule has 1 aliphatic heterocycles. The maximum atomic E-state index is 14.1. The van der Waals surface area contributed by atoms with Crippen molar-refractivity contribution in [2.45, 2.75) is 38.6 Å². The zero-order valence-electron chi connectivity index (χ0n) is 12.5. The van der Waals surface area contributed by atoms with Gasteiger partial charge in [0.15, 0.2) is 5.67 Å². The summed E-state index contributed by atoms with van der Waals surface area (Å²) in [6.45, 7) is 4.61. The molecule has 4 heteroatoms. The second-order valence-electron chi connectivity index (χ2n) is 5.08. The highest BCUT2D eigenvalue weighted by molar-refractivity contribution is 5.38. The normalized spacial score (nSPS) is 25.0. The Hall–Kier alpha value is -1.57. The van der Waals surface area contributed by atoms with Gasteiger partial charge in [-0.1, -0.05) is 19.3 Å². The van der Waals surface area contributed by atoms with Crippen molar-refractivity contribution in [1.29, 1.82) is 0 Å². The van der Waals surface area contributed by atoms with Crippen LogP contribution in [0.1, 0.15) is 32.3 Å². The average Bonchev–Trinajstić information content (AvgIpc) is 2.49. The first-order valence-corrected chi connectivity index (χ1v) is 7.32. The standard InChI is InChI=1S/C17H21FO3/c1-3-11-17(18)12-20-16(21-13-17)10-7-14-5-8-15(9-6-14)19-4-2/h5-6,8-9,16H,3-4,11-13H2,1-2H3. The minimum Gasteiger partial charge on any atom is -0.494 e. The number of halogens is 1. The van der Waals surface area contributed by atoms with E-state index in [0.29, 0.717) is 13.0 Å². The second kappa shape index (κ2) is 7.44. The molecule has 0 atom stereocenters. The van der Waals surface area contributed by atoms with Crippen LogP contribution in [0.5, 0.6) is 5.75 Å². The predicted molar refractivity (Wildman–Crippen MR) is 78.9 cm³/mol. The quantitative estimate of drug-likeness (QED) is 0.797. The van der Waals surface area contributed by atoms with Crippen molar-refractivity contribution in [3.63, 3.8) is 0 Å². The summed E-state index contributed by atoms with van der Waals surface area (Å²) in [6, 6.07) is 7.47. The van der Waals surface area contributed by atoms with E-state index < -0.39 is 12.0 Å². The summed E-state index contributed by atoms with van der Waals surface area (Å²) < 4.78 is 30.1. The summed E-state index contributed by atoms with van der Waals surface area (Å²) in [5.74, 6) is 6.65. The van der Waals surface area contributed by atoms with E-state index in [2.05, 4.69) is 11.8 Å². The lowest BCUT2D eigenvalue weighted by Crippen LogP contribution is -2.43. The largest absolute Gasteiger partial charge is 0.494 e. The second-order valence-corrected chi connectivity index (χ2v) is 5.08. The van der Waals surface area contributed by atoms with E-state index in [4.69, 9.17) is 14.2 Å². The summed E-state index contributed by atoms with van der Waals surface area (Å²) >= 11 is 0. The number of ether oxygens (including phenoxy) is 3. The maximum Gasteiger partial charge on any atom is 0.223 e. The third kappa shape index (κ3) is 4.73. The van der Waals surface area contributed by atoms with Gasteiger partial charge in [-0.05, 0) is 43.5 Å². The van der Waals surface area contributed by atoms with Gasteiger partial charge in [-0.25, -0.2) is 4.39 Å². The van der Waals surface area contributed by atoms with Crippen LogP contribution < -0.4 is 4.74 Å². The van der Waals surface area contributed by atoms with E-state index in [-0.39, 0.29) is 13.2 Å². The van der Waals surface area contributed by atoms with E-state index in [1.165, 1.54) is 0 Å². The molecule has 1 aromatic carbocycles. The van der Waals surface area contributed by atoms with Crippen LogP contribution in [-0.2, 0) is 9.47 Å². The van der Waals surface area contributed by atoms with Crippen molar-refractivity contribution in [3.05, 3.63) is 29.8 Å². The van der Waals surface area contributed by atoms with Crippen LogP contribution in [0.2, 0.25) is 0 Å². The molecule has 1 heterocycles. The Labute approximate surface area is 125 Å². The van der Waals surface area contributed by atoms with Crippen molar-refractivity contribution < 1.29 is 18.6 Å². The molecular weight excluding hydrogens is 271 g/mol. The Kier molecular flexibility index (Phi) is 5.60. The summed E-state index contributed by atoms with van der Waals surface area (Å²) in [5, 5.41) is 0. The Morgan fingerprint density at radius 3 is 2.48 bits per heavy atom. The number of rotatable bonds is 4. The molecule has 0 amide bonds. The molecule has 114 valence electrons. The van der Waals surface area contributed by atoms with Gasteiger partial charge in [0.1, 0.15) is 5.75 Å². The van der Waals surface area contributed by atoms with Crippen LogP contribution in [-0.4, -0.2) is 31.8 Å². The number of hydrogen-bond acceptors (Lipinski definition) is 3. The monoisotopic (exact) mass is 292 g/mol. The molecule has 1 saturated heterocycles. The molecule has 0 saturated carbocycles. The summed E-state index contributed by atoms with van der Waals surface area (Å²) in [5.41, 5.74) is -0.525. The van der Waals surface area contributed by atoms with Crippen LogP contribution in [0.15, 0.2) is 24.3 Å². The SMILES string of the molecule is CCCC1(F)COC(C#Cc2ccc(OCC)cc2)OC1. The fourth-order valence-corrected chi connectivity index (χ4v) is 2.16. The molecule has 2 rings (SSSR count). The molecule has 21 heavy (non-hydrogen) atoms. The first-order valence-electron chi connectivity index (χ1n) is 7.32. The Morgan fingerprint density at radius 1 is 1.24 bits per heavy atom. The van der Waals surface area contributed by atoms with Crippen molar-refractivity contribution in [2.75, 3.05) is 19.8 Å². The number of hydrogen-bond donors (Lipinski definition) is 0. The molecule has 0 aromatic heterocycles. The number of benzene rings is 1. The third-order valence-corrected chi connectivity index (χ3v) is 3.18. The van der Waals surface area contributed by atoms with Crippen LogP contribution in [0, 0.1) is 11.8 Å². The summed E-state index contributed by atoms with van der Waals surface area (Å²) in [4.78, 5) is 0. The van der Waals surface area contributed by atoms with Crippen LogP contribution in [0.25, 0.3) is 0 Å². The molecule has 1 aliphatic rings. The third-order valence-electron chi connectivity index (χ3n) is 3.18. The van der Waals surface area contributed by atoms with Gasteiger partial charge in [-0.2, -0.15) is 0 Å². The topological polar surface area (TPSA) is 27.7 Å². The lowest BCUT2D eigenvalue weighted by atomic mass is 10.0. The average molecular weight is 292 g/mol. The van der Waals surface area contributed by atoms with Gasteiger partial charge in [0.05, 0.1) is 19.8 Å². The molecule has 0 bridgehead atoms. The van der Waals surface area contributed by atoms with Gasteiger partial charge in [-0.3, -0.25) is 0 Å². The smallest absolute Gasteiger partial charge is 0.223 e. The molecule has 0 aliphatic carbocycles. The van der Waals surface area contributed by atoms with E-state index in [1.54, 1.807) is 0 Å². The Balaban J connectivity index is 1.89. The highest BCUT2D eigenvalue weighted by Crippen LogP contribution is 2.24. The Morgan fingerprint density at radius 2 is 1.90 bits per heavy atom. The fraction of sp³-hybridized carbons (Fsp3) is 0.529. The predicted octanol–water partition coefficient (Wildman–Crippen LogP) is 3.32. The van der Waals surface area contributed by atoms with Crippen LogP contribution in [0.4, 0.5) is 4.39 Å². The van der Waals surface area contributed by atoms with E-state index in [1.807, 2.05) is 38.1 Å². The van der Waals surface area contributed by atoms with Crippen molar-refractivity contribution in [1.82, 2.24) is 0 Å². The zero-order valence-corrected chi connectivity index (χ0v) is 12.5. The molecule has 1 fully saturated rings. The van der Waals surface area contributed by atoms with Gasteiger partial charge in [-0.15, -0.1) is 0 Å². The fourth-order valence-electron chi connectivity index (χ4n) is 2.16. The van der Waals surface area contributed by atoms with Gasteiger partial charge in [0, 0.05) is 5.56 Å². The van der Waals surface area contributed by atoms with E-state index >= 15 is 0 Å².